The molecule has 1 aromatic rings. The molecule has 3 nitrogen and oxygen atoms in total. The lowest BCUT2D eigenvalue weighted by atomic mass is 9.97. The normalized spacial score (nSPS) is 23.7. The first-order chi connectivity index (χ1) is 10.2. The SMILES string of the molecule is CNC(Cc1cc(Br)cc2c1OCC2)C1CSCCN1C. The van der Waals surface area contributed by atoms with E-state index in [1.165, 1.54) is 33.7 Å². The van der Waals surface area contributed by atoms with Crippen LogP contribution in [0.3, 0.4) is 0 Å². The molecule has 1 fully saturated rings. The zero-order valence-corrected chi connectivity index (χ0v) is 15.1. The number of hydrogen-bond donors (Lipinski definition) is 1. The third-order valence-electron chi connectivity index (χ3n) is 4.54. The van der Waals surface area contributed by atoms with Gasteiger partial charge in [-0.2, -0.15) is 11.8 Å². The van der Waals surface area contributed by atoms with Gasteiger partial charge in [-0.05, 0) is 43.8 Å². The van der Waals surface area contributed by atoms with E-state index in [0.717, 1.165) is 25.2 Å². The van der Waals surface area contributed by atoms with Crippen molar-refractivity contribution in [1.82, 2.24) is 10.2 Å². The van der Waals surface area contributed by atoms with Gasteiger partial charge in [0.2, 0.25) is 0 Å². The van der Waals surface area contributed by atoms with Crippen LogP contribution in [0.4, 0.5) is 0 Å². The van der Waals surface area contributed by atoms with Crippen molar-refractivity contribution in [2.75, 3.05) is 38.8 Å². The molecule has 1 saturated heterocycles. The Kier molecular flexibility index (Phi) is 5.15. The van der Waals surface area contributed by atoms with E-state index in [4.69, 9.17) is 4.74 Å². The van der Waals surface area contributed by atoms with E-state index in [9.17, 15) is 0 Å². The van der Waals surface area contributed by atoms with Crippen LogP contribution in [-0.4, -0.2) is 55.7 Å². The molecule has 5 heteroatoms. The van der Waals surface area contributed by atoms with Crippen LogP contribution in [0.5, 0.6) is 5.75 Å². The number of thioether (sulfide) groups is 1. The third kappa shape index (κ3) is 3.41. The number of nitrogens with zero attached hydrogens (tertiary/aromatic N) is 1. The van der Waals surface area contributed by atoms with E-state index in [0.29, 0.717) is 12.1 Å². The summed E-state index contributed by atoms with van der Waals surface area (Å²) in [5.74, 6) is 3.59. The fraction of sp³-hybridized carbons (Fsp3) is 0.625. The van der Waals surface area contributed by atoms with Crippen LogP contribution in [0.15, 0.2) is 16.6 Å². The van der Waals surface area contributed by atoms with Crippen molar-refractivity contribution in [1.29, 1.82) is 0 Å². The summed E-state index contributed by atoms with van der Waals surface area (Å²) in [6.45, 7) is 2.00. The molecule has 2 atom stereocenters. The fourth-order valence-electron chi connectivity index (χ4n) is 3.29. The molecule has 0 amide bonds. The Labute approximate surface area is 139 Å². The zero-order chi connectivity index (χ0) is 14.8. The average molecular weight is 371 g/mol. The van der Waals surface area contributed by atoms with E-state index < -0.39 is 0 Å². The molecule has 2 aliphatic heterocycles. The van der Waals surface area contributed by atoms with Crippen molar-refractivity contribution in [3.05, 3.63) is 27.7 Å². The minimum atomic E-state index is 0.463. The Balaban J connectivity index is 1.81. The predicted octanol–water partition coefficient (Wildman–Crippen LogP) is 2.56. The van der Waals surface area contributed by atoms with Crippen LogP contribution in [-0.2, 0) is 12.8 Å². The second-order valence-electron chi connectivity index (χ2n) is 5.87. The summed E-state index contributed by atoms with van der Waals surface area (Å²) in [5, 5.41) is 3.54. The summed E-state index contributed by atoms with van der Waals surface area (Å²) in [6, 6.07) is 5.47. The first-order valence-corrected chi connectivity index (χ1v) is 9.53. The molecule has 0 radical (unpaired) electrons. The second-order valence-corrected chi connectivity index (χ2v) is 7.94. The Morgan fingerprint density at radius 1 is 1.52 bits per heavy atom. The number of benzene rings is 1. The number of likely N-dealkylation sites (N-methyl/N-ethyl adjacent to an activating group) is 2. The van der Waals surface area contributed by atoms with Gasteiger partial charge in [0.05, 0.1) is 6.61 Å². The lowest BCUT2D eigenvalue weighted by Crippen LogP contribution is -2.52. The van der Waals surface area contributed by atoms with Crippen LogP contribution in [0.2, 0.25) is 0 Å². The lowest BCUT2D eigenvalue weighted by Gasteiger charge is -2.38. The minimum absolute atomic E-state index is 0.463. The summed E-state index contributed by atoms with van der Waals surface area (Å²) in [7, 11) is 4.33. The topological polar surface area (TPSA) is 24.5 Å². The first-order valence-electron chi connectivity index (χ1n) is 7.58. The standard InChI is InChI=1S/C16H23BrN2OS/c1-18-14(15-10-21-6-4-19(15)2)9-12-8-13(17)7-11-3-5-20-16(11)12/h7-8,14-15,18H,3-6,9-10H2,1-2H3. The van der Waals surface area contributed by atoms with Gasteiger partial charge in [0, 0.05) is 41.0 Å². The fourth-order valence-corrected chi connectivity index (χ4v) is 5.16. The van der Waals surface area contributed by atoms with Crippen molar-refractivity contribution >= 4 is 27.7 Å². The number of nitrogens with one attached hydrogen (secondary N) is 1. The van der Waals surface area contributed by atoms with Crippen LogP contribution < -0.4 is 10.1 Å². The summed E-state index contributed by atoms with van der Waals surface area (Å²) < 4.78 is 7.05. The molecular formula is C16H23BrN2OS. The Morgan fingerprint density at radius 3 is 3.14 bits per heavy atom. The molecule has 2 unspecified atom stereocenters. The van der Waals surface area contributed by atoms with Crippen molar-refractivity contribution in [2.24, 2.45) is 0 Å². The zero-order valence-electron chi connectivity index (χ0n) is 12.7. The molecule has 0 spiro atoms. The number of rotatable bonds is 4. The van der Waals surface area contributed by atoms with Crippen molar-refractivity contribution < 1.29 is 4.74 Å². The van der Waals surface area contributed by atoms with Gasteiger partial charge in [-0.25, -0.2) is 0 Å². The molecule has 116 valence electrons. The van der Waals surface area contributed by atoms with E-state index in [2.05, 4.69) is 64.1 Å². The highest BCUT2D eigenvalue weighted by Crippen LogP contribution is 2.34. The van der Waals surface area contributed by atoms with Gasteiger partial charge in [-0.3, -0.25) is 0 Å². The van der Waals surface area contributed by atoms with Gasteiger partial charge in [-0.1, -0.05) is 15.9 Å². The highest BCUT2D eigenvalue weighted by atomic mass is 79.9. The van der Waals surface area contributed by atoms with Gasteiger partial charge in [0.25, 0.3) is 0 Å². The molecular weight excluding hydrogens is 348 g/mol. The quantitative estimate of drug-likeness (QED) is 0.879. The number of hydrogen-bond acceptors (Lipinski definition) is 4. The molecule has 0 saturated carbocycles. The van der Waals surface area contributed by atoms with Crippen LogP contribution in [0.25, 0.3) is 0 Å². The van der Waals surface area contributed by atoms with Crippen LogP contribution in [0.1, 0.15) is 11.1 Å². The molecule has 3 rings (SSSR count). The molecule has 0 aromatic heterocycles. The number of halogens is 1. The molecule has 1 aromatic carbocycles. The van der Waals surface area contributed by atoms with Gasteiger partial charge in [0.1, 0.15) is 5.75 Å². The van der Waals surface area contributed by atoms with E-state index in [1.54, 1.807) is 0 Å². The lowest BCUT2D eigenvalue weighted by molar-refractivity contribution is 0.218. The molecule has 1 N–H and O–H groups in total. The molecule has 2 heterocycles. The third-order valence-corrected chi connectivity index (χ3v) is 6.05. The first kappa shape index (κ1) is 15.7. The summed E-state index contributed by atoms with van der Waals surface area (Å²) >= 11 is 5.71. The average Bonchev–Trinajstić information content (AvgIpc) is 2.93. The molecule has 21 heavy (non-hydrogen) atoms. The second kappa shape index (κ2) is 6.90. The predicted molar refractivity (Wildman–Crippen MR) is 93.6 cm³/mol. The van der Waals surface area contributed by atoms with Crippen LogP contribution >= 0.6 is 27.7 Å². The minimum Gasteiger partial charge on any atom is -0.493 e. The van der Waals surface area contributed by atoms with Crippen LogP contribution in [0, 0.1) is 0 Å². The van der Waals surface area contributed by atoms with E-state index in [1.807, 2.05) is 0 Å². The van der Waals surface area contributed by atoms with Crippen molar-refractivity contribution in [2.45, 2.75) is 24.9 Å². The van der Waals surface area contributed by atoms with Gasteiger partial charge < -0.3 is 15.0 Å². The maximum Gasteiger partial charge on any atom is 0.125 e. The van der Waals surface area contributed by atoms with E-state index in [-0.39, 0.29) is 0 Å². The largest absolute Gasteiger partial charge is 0.493 e. The van der Waals surface area contributed by atoms with E-state index >= 15 is 0 Å². The monoisotopic (exact) mass is 370 g/mol. The summed E-state index contributed by atoms with van der Waals surface area (Å²) in [5.41, 5.74) is 2.68. The molecule has 2 aliphatic rings. The Hall–Kier alpha value is -0.230. The van der Waals surface area contributed by atoms with Gasteiger partial charge in [-0.15, -0.1) is 0 Å². The maximum absolute atomic E-state index is 5.88. The Bertz CT molecular complexity index is 511. The van der Waals surface area contributed by atoms with Gasteiger partial charge >= 0.3 is 0 Å². The molecule has 0 bridgehead atoms. The smallest absolute Gasteiger partial charge is 0.125 e. The molecule has 0 aliphatic carbocycles. The highest BCUT2D eigenvalue weighted by Gasteiger charge is 2.29. The summed E-state index contributed by atoms with van der Waals surface area (Å²) in [4.78, 5) is 2.50. The van der Waals surface area contributed by atoms with Crippen molar-refractivity contribution in [3.8, 4) is 5.75 Å². The number of fused-ring (bicyclic) bond motifs is 1. The Morgan fingerprint density at radius 2 is 2.38 bits per heavy atom. The maximum atomic E-state index is 5.88. The summed E-state index contributed by atoms with van der Waals surface area (Å²) in [6.07, 6.45) is 2.05. The van der Waals surface area contributed by atoms with Crippen molar-refractivity contribution in [3.63, 3.8) is 0 Å². The highest BCUT2D eigenvalue weighted by molar-refractivity contribution is 9.10. The van der Waals surface area contributed by atoms with Gasteiger partial charge in [0.15, 0.2) is 0 Å². The number of ether oxygens (including phenoxy) is 1.